The lowest BCUT2D eigenvalue weighted by Gasteiger charge is -2.37. The molecule has 1 aliphatic heterocycles. The Morgan fingerprint density at radius 1 is 1.19 bits per heavy atom. The van der Waals surface area contributed by atoms with Crippen molar-refractivity contribution >= 4 is 23.2 Å². The maximum absolute atomic E-state index is 13.4. The number of nitriles is 1. The quantitative estimate of drug-likeness (QED) is 0.258. The van der Waals surface area contributed by atoms with E-state index in [1.54, 1.807) is 12.3 Å². The number of nitrogens with one attached hydrogen (secondary N) is 2. The third-order valence-electron chi connectivity index (χ3n) is 6.98. The summed E-state index contributed by atoms with van der Waals surface area (Å²) in [5, 5.41) is 15.7. The maximum Gasteiger partial charge on any atom is 0.416 e. The molecule has 1 aromatic heterocycles. The van der Waals surface area contributed by atoms with Crippen molar-refractivity contribution in [3.63, 3.8) is 0 Å². The summed E-state index contributed by atoms with van der Waals surface area (Å²) in [4.78, 5) is 20.3. The second-order valence-electron chi connectivity index (χ2n) is 9.79. The number of alkyl halides is 3. The number of nitrogens with zero attached hydrogens (tertiary/aromatic N) is 3. The number of carbonyl (C=O) groups excluding carboxylic acids is 1. The van der Waals surface area contributed by atoms with Crippen molar-refractivity contribution < 1.29 is 18.0 Å². The van der Waals surface area contributed by atoms with Gasteiger partial charge in [-0.15, -0.1) is 0 Å². The molecule has 5 rings (SSSR count). The van der Waals surface area contributed by atoms with Gasteiger partial charge in [0.25, 0.3) is 0 Å². The molecule has 1 aliphatic carbocycles. The first-order valence-electron chi connectivity index (χ1n) is 13.7. The van der Waals surface area contributed by atoms with Gasteiger partial charge in [0.15, 0.2) is 0 Å². The minimum Gasteiger partial charge on any atom is -0.399 e. The fourth-order valence-electron chi connectivity index (χ4n) is 4.71. The number of nitrogens with two attached hydrogens (primary N) is 1. The predicted molar refractivity (Wildman–Crippen MR) is 159 cm³/mol. The molecule has 2 aromatic carbocycles. The van der Waals surface area contributed by atoms with Crippen LogP contribution in [0.25, 0.3) is 0 Å². The monoisotopic (exact) mass is 576 g/mol. The van der Waals surface area contributed by atoms with Gasteiger partial charge in [0, 0.05) is 29.0 Å². The molecule has 0 atom stereocenters. The Labute approximate surface area is 244 Å². The first-order valence-corrected chi connectivity index (χ1v) is 13.7. The first kappa shape index (κ1) is 31.9. The molecule has 10 heteroatoms. The van der Waals surface area contributed by atoms with Gasteiger partial charge in [0.05, 0.1) is 23.5 Å². The molecule has 0 radical (unpaired) electrons. The summed E-state index contributed by atoms with van der Waals surface area (Å²) in [6.07, 6.45) is 1.89. The van der Waals surface area contributed by atoms with Gasteiger partial charge in [0.1, 0.15) is 0 Å². The van der Waals surface area contributed by atoms with Crippen molar-refractivity contribution in [1.82, 2.24) is 9.97 Å². The predicted octanol–water partition coefficient (Wildman–Crippen LogP) is 7.14. The molecule has 42 heavy (non-hydrogen) atoms. The van der Waals surface area contributed by atoms with E-state index in [2.05, 4.69) is 39.8 Å². The Morgan fingerprint density at radius 2 is 1.90 bits per heavy atom. The number of aryl methyl sites for hydroxylation is 2. The second kappa shape index (κ2) is 13.8. The van der Waals surface area contributed by atoms with Crippen LogP contribution in [0.15, 0.2) is 73.6 Å². The lowest BCUT2D eigenvalue weighted by molar-refractivity contribution is -0.137. The molecule has 1 fully saturated rings. The molecule has 2 aliphatic rings. The molecule has 4 N–H and O–H groups in total. The van der Waals surface area contributed by atoms with Crippen LogP contribution in [0.1, 0.15) is 61.1 Å². The van der Waals surface area contributed by atoms with Crippen molar-refractivity contribution in [2.45, 2.75) is 64.0 Å². The molecule has 2 heterocycles. The molecule has 0 unspecified atom stereocenters. The standard InChI is InChI=1S/C26H22F3N5O.C4H7N.C2H6/c27-26(28,29)18-3-6-21(25(15-30)9-1-10-25)16(12-18)2-4-19-8-11-31-24(32-19)33-20-5-7-22-17(13-20)14-23(35)34-22;1-3-4(2)5;1-2/h3,5-8,11-13H,1-2,4,9-10,14H2,(H,34,35)(H,31,32,33);3H,1-2,5H2;1-2H3. The van der Waals surface area contributed by atoms with E-state index in [4.69, 9.17) is 5.73 Å². The summed E-state index contributed by atoms with van der Waals surface area (Å²) in [6.45, 7) is 10.7. The Hall–Kier alpha value is -4.65. The van der Waals surface area contributed by atoms with Crippen LogP contribution in [0.2, 0.25) is 0 Å². The normalized spacial score (nSPS) is 14.3. The highest BCUT2D eigenvalue weighted by Gasteiger charge is 2.41. The van der Waals surface area contributed by atoms with Crippen LogP contribution in [0.3, 0.4) is 0 Å². The topological polar surface area (TPSA) is 117 Å². The van der Waals surface area contributed by atoms with E-state index in [1.165, 1.54) is 18.2 Å². The van der Waals surface area contributed by atoms with E-state index < -0.39 is 17.2 Å². The Bertz CT molecular complexity index is 1490. The maximum atomic E-state index is 13.4. The van der Waals surface area contributed by atoms with Gasteiger partial charge in [-0.05, 0) is 91.3 Å². The lowest BCUT2D eigenvalue weighted by Crippen LogP contribution is -2.33. The average molecular weight is 577 g/mol. The average Bonchev–Trinajstić information content (AvgIpc) is 3.32. The van der Waals surface area contributed by atoms with Crippen LogP contribution in [0, 0.1) is 11.3 Å². The summed E-state index contributed by atoms with van der Waals surface area (Å²) in [7, 11) is 0. The van der Waals surface area contributed by atoms with E-state index in [0.29, 0.717) is 60.6 Å². The minimum atomic E-state index is -4.45. The molecule has 0 bridgehead atoms. The molecule has 3 aromatic rings. The highest BCUT2D eigenvalue weighted by Crippen LogP contribution is 2.45. The number of fused-ring (bicyclic) bond motifs is 1. The summed E-state index contributed by atoms with van der Waals surface area (Å²) in [5.41, 5.74) is 8.38. The summed E-state index contributed by atoms with van der Waals surface area (Å²) in [5.74, 6) is 0.306. The number of hydrogen-bond acceptors (Lipinski definition) is 6. The van der Waals surface area contributed by atoms with Crippen LogP contribution in [0.4, 0.5) is 30.5 Å². The summed E-state index contributed by atoms with van der Waals surface area (Å²) in [6, 6.07) is 13.3. The van der Waals surface area contributed by atoms with Crippen LogP contribution < -0.4 is 16.4 Å². The third kappa shape index (κ3) is 7.75. The van der Waals surface area contributed by atoms with E-state index >= 15 is 0 Å². The Balaban J connectivity index is 0.000000627. The smallest absolute Gasteiger partial charge is 0.399 e. The van der Waals surface area contributed by atoms with E-state index in [9.17, 15) is 23.2 Å². The number of hydrogen-bond donors (Lipinski definition) is 3. The molecular weight excluding hydrogens is 541 g/mol. The number of benzene rings is 2. The highest BCUT2D eigenvalue weighted by molar-refractivity contribution is 5.99. The number of anilines is 3. The van der Waals surface area contributed by atoms with Crippen LogP contribution in [0.5, 0.6) is 0 Å². The molecule has 220 valence electrons. The molecule has 1 saturated carbocycles. The molecule has 0 spiro atoms. The molecule has 7 nitrogen and oxygen atoms in total. The zero-order valence-corrected chi connectivity index (χ0v) is 23.8. The van der Waals surface area contributed by atoms with Gasteiger partial charge in [-0.3, -0.25) is 4.79 Å². The number of rotatable bonds is 7. The fraction of sp³-hybridized carbons (Fsp3) is 0.312. The highest BCUT2D eigenvalue weighted by atomic mass is 19.4. The fourth-order valence-corrected chi connectivity index (χ4v) is 4.71. The lowest BCUT2D eigenvalue weighted by atomic mass is 9.64. The van der Waals surface area contributed by atoms with Gasteiger partial charge in [-0.2, -0.15) is 18.4 Å². The van der Waals surface area contributed by atoms with Gasteiger partial charge in [-0.1, -0.05) is 33.1 Å². The van der Waals surface area contributed by atoms with E-state index in [1.807, 2.05) is 32.0 Å². The molecule has 0 saturated heterocycles. The zero-order valence-electron chi connectivity index (χ0n) is 23.8. The second-order valence-corrected chi connectivity index (χ2v) is 9.79. The van der Waals surface area contributed by atoms with Crippen molar-refractivity contribution in [3.05, 3.63) is 102 Å². The van der Waals surface area contributed by atoms with Crippen molar-refractivity contribution in [1.29, 1.82) is 5.26 Å². The first-order chi connectivity index (χ1) is 20.0. The van der Waals surface area contributed by atoms with Gasteiger partial charge < -0.3 is 16.4 Å². The van der Waals surface area contributed by atoms with Crippen molar-refractivity contribution in [2.75, 3.05) is 10.6 Å². The Kier molecular flexibility index (Phi) is 10.5. The number of carbonyl (C=O) groups is 1. The van der Waals surface area contributed by atoms with Gasteiger partial charge >= 0.3 is 6.18 Å². The van der Waals surface area contributed by atoms with Gasteiger partial charge in [-0.25, -0.2) is 9.97 Å². The number of amides is 1. The van der Waals surface area contributed by atoms with Gasteiger partial charge in [0.2, 0.25) is 11.9 Å². The van der Waals surface area contributed by atoms with Crippen LogP contribution in [-0.2, 0) is 35.6 Å². The summed E-state index contributed by atoms with van der Waals surface area (Å²) >= 11 is 0. The SMILES string of the molecule is C=CC(=C)N.CC.N#CC1(c2ccc(C(F)(F)F)cc2CCc2ccnc(Nc3ccc4c(c3)CC(=O)N4)n2)CCC1. The Morgan fingerprint density at radius 3 is 2.50 bits per heavy atom. The number of aromatic nitrogens is 2. The zero-order chi connectivity index (χ0) is 30.9. The van der Waals surface area contributed by atoms with E-state index in [0.717, 1.165) is 29.4 Å². The number of halogens is 3. The van der Waals surface area contributed by atoms with Crippen LogP contribution in [-0.4, -0.2) is 15.9 Å². The third-order valence-corrected chi connectivity index (χ3v) is 6.98. The van der Waals surface area contributed by atoms with Crippen LogP contribution >= 0.6 is 0 Å². The molecular formula is C32H35F3N6O. The van der Waals surface area contributed by atoms with Crippen molar-refractivity contribution in [2.24, 2.45) is 5.73 Å². The number of allylic oxidation sites excluding steroid dienone is 1. The largest absolute Gasteiger partial charge is 0.416 e. The molecule has 1 amide bonds. The van der Waals surface area contributed by atoms with E-state index in [-0.39, 0.29) is 5.91 Å². The van der Waals surface area contributed by atoms with Crippen molar-refractivity contribution in [3.8, 4) is 6.07 Å². The minimum absolute atomic E-state index is 0.0514. The summed E-state index contributed by atoms with van der Waals surface area (Å²) < 4.78 is 40.2.